The fourth-order valence-electron chi connectivity index (χ4n) is 3.22. The average Bonchev–Trinajstić information content (AvgIpc) is 3.27. The first-order chi connectivity index (χ1) is 13.9. The van der Waals surface area contributed by atoms with Crippen LogP contribution in [0.1, 0.15) is 28.7 Å². The Balaban J connectivity index is 1.58. The summed E-state index contributed by atoms with van der Waals surface area (Å²) in [7, 11) is 0. The number of aromatic nitrogens is 2. The fourth-order valence-corrected chi connectivity index (χ4v) is 3.22. The normalized spacial score (nSPS) is 11.7. The Hall–Kier alpha value is -4.07. The van der Waals surface area contributed by atoms with Crippen LogP contribution in [-0.2, 0) is 0 Å². The second kappa shape index (κ2) is 7.16. The Morgan fingerprint density at radius 1 is 0.931 bits per heavy atom. The molecule has 0 saturated heterocycles. The molecule has 4 rings (SSSR count). The van der Waals surface area contributed by atoms with Crippen LogP contribution in [-0.4, -0.2) is 27.5 Å². The van der Waals surface area contributed by atoms with E-state index in [4.69, 9.17) is 11.5 Å². The molecule has 0 bridgehead atoms. The smallest absolute Gasteiger partial charge is 0.272 e. The van der Waals surface area contributed by atoms with Gasteiger partial charge in [-0.05, 0) is 61.9 Å². The van der Waals surface area contributed by atoms with Gasteiger partial charge in [-0.1, -0.05) is 6.07 Å². The molecule has 29 heavy (non-hydrogen) atoms. The highest BCUT2D eigenvalue weighted by atomic mass is 16.1. The fraction of sp³-hybridized carbons (Fsp3) is 0.0952. The number of anilines is 1. The molecule has 2 aromatic heterocycles. The third kappa shape index (κ3) is 3.81. The van der Waals surface area contributed by atoms with Gasteiger partial charge in [0.1, 0.15) is 5.69 Å². The van der Waals surface area contributed by atoms with E-state index in [1.807, 2.05) is 56.3 Å². The summed E-state index contributed by atoms with van der Waals surface area (Å²) in [5, 5.41) is 12.5. The maximum Gasteiger partial charge on any atom is 0.272 e. The second-order valence-corrected chi connectivity index (χ2v) is 6.90. The van der Waals surface area contributed by atoms with Gasteiger partial charge < -0.3 is 26.8 Å². The lowest BCUT2D eigenvalue weighted by atomic mass is 10.1. The van der Waals surface area contributed by atoms with Crippen molar-refractivity contribution in [3.8, 4) is 0 Å². The van der Waals surface area contributed by atoms with Crippen LogP contribution in [0.3, 0.4) is 0 Å². The SMILES string of the molecule is C/C(=N/N=C(N)N)c1ccc2[nH]c(C(=O)Nc3ccc4[nH]c(C)cc4c3)cc2c1. The van der Waals surface area contributed by atoms with Crippen LogP contribution in [0, 0.1) is 6.92 Å². The number of aryl methyl sites for hydroxylation is 1. The van der Waals surface area contributed by atoms with Gasteiger partial charge >= 0.3 is 0 Å². The minimum Gasteiger partial charge on any atom is -0.369 e. The predicted octanol–water partition coefficient (Wildman–Crippen LogP) is 3.21. The monoisotopic (exact) mass is 387 g/mol. The number of nitrogens with two attached hydrogens (primary N) is 2. The molecule has 8 nitrogen and oxygen atoms in total. The van der Waals surface area contributed by atoms with Crippen molar-refractivity contribution in [1.82, 2.24) is 9.97 Å². The number of carbonyl (C=O) groups excluding carboxylic acids is 1. The number of rotatable bonds is 4. The minimum absolute atomic E-state index is 0.0981. The minimum atomic E-state index is -0.208. The maximum atomic E-state index is 12.7. The molecule has 2 heterocycles. The van der Waals surface area contributed by atoms with E-state index in [1.54, 1.807) is 6.07 Å². The zero-order valence-corrected chi connectivity index (χ0v) is 16.1. The Bertz CT molecular complexity index is 1290. The van der Waals surface area contributed by atoms with Crippen LogP contribution in [0.4, 0.5) is 5.69 Å². The van der Waals surface area contributed by atoms with Gasteiger partial charge in [-0.3, -0.25) is 4.79 Å². The van der Waals surface area contributed by atoms with Crippen molar-refractivity contribution < 1.29 is 4.79 Å². The van der Waals surface area contributed by atoms with Gasteiger partial charge in [0.05, 0.1) is 5.71 Å². The van der Waals surface area contributed by atoms with E-state index in [2.05, 4.69) is 25.5 Å². The Morgan fingerprint density at radius 2 is 1.66 bits per heavy atom. The molecule has 0 unspecified atom stereocenters. The Morgan fingerprint density at radius 3 is 2.45 bits per heavy atom. The van der Waals surface area contributed by atoms with E-state index >= 15 is 0 Å². The summed E-state index contributed by atoms with van der Waals surface area (Å²) in [5.74, 6) is -0.306. The number of hydrogen-bond donors (Lipinski definition) is 5. The molecule has 0 saturated carbocycles. The topological polar surface area (TPSA) is 137 Å². The third-order valence-electron chi connectivity index (χ3n) is 4.61. The van der Waals surface area contributed by atoms with Crippen LogP contribution in [0.15, 0.2) is 58.7 Å². The molecule has 0 spiro atoms. The van der Waals surface area contributed by atoms with Gasteiger partial charge in [-0.25, -0.2) is 0 Å². The highest BCUT2D eigenvalue weighted by Crippen LogP contribution is 2.22. The Kier molecular flexibility index (Phi) is 4.52. The molecule has 0 atom stereocenters. The summed E-state index contributed by atoms with van der Waals surface area (Å²) < 4.78 is 0. The summed E-state index contributed by atoms with van der Waals surface area (Å²) in [6.07, 6.45) is 0. The molecule has 146 valence electrons. The summed E-state index contributed by atoms with van der Waals surface area (Å²) in [6, 6.07) is 15.3. The van der Waals surface area contributed by atoms with E-state index in [0.29, 0.717) is 11.4 Å². The Labute approximate surface area is 166 Å². The van der Waals surface area contributed by atoms with E-state index in [1.165, 1.54) is 0 Å². The number of nitrogens with zero attached hydrogens (tertiary/aromatic N) is 2. The van der Waals surface area contributed by atoms with Gasteiger partial charge in [0.15, 0.2) is 0 Å². The highest BCUT2D eigenvalue weighted by Gasteiger charge is 2.11. The van der Waals surface area contributed by atoms with Crippen molar-refractivity contribution in [1.29, 1.82) is 0 Å². The largest absolute Gasteiger partial charge is 0.369 e. The molecule has 0 radical (unpaired) electrons. The zero-order valence-electron chi connectivity index (χ0n) is 16.1. The van der Waals surface area contributed by atoms with Crippen LogP contribution >= 0.6 is 0 Å². The molecule has 0 aliphatic rings. The van der Waals surface area contributed by atoms with Crippen molar-refractivity contribution in [2.45, 2.75) is 13.8 Å². The third-order valence-corrected chi connectivity index (χ3v) is 4.61. The quantitative estimate of drug-likeness (QED) is 0.209. The first-order valence-corrected chi connectivity index (χ1v) is 9.06. The zero-order chi connectivity index (χ0) is 20.5. The summed E-state index contributed by atoms with van der Waals surface area (Å²) in [5.41, 5.74) is 16.3. The number of fused-ring (bicyclic) bond motifs is 2. The molecule has 8 heteroatoms. The number of hydrogen-bond acceptors (Lipinski definition) is 3. The first-order valence-electron chi connectivity index (χ1n) is 9.06. The lowest BCUT2D eigenvalue weighted by Crippen LogP contribution is -2.22. The van der Waals surface area contributed by atoms with Crippen LogP contribution in [0.25, 0.3) is 21.8 Å². The number of aromatic amines is 2. The molecule has 0 aliphatic carbocycles. The molecule has 0 fully saturated rings. The van der Waals surface area contributed by atoms with E-state index in [-0.39, 0.29) is 11.9 Å². The summed E-state index contributed by atoms with van der Waals surface area (Å²) in [6.45, 7) is 3.81. The first kappa shape index (κ1) is 18.3. The lowest BCUT2D eigenvalue weighted by Gasteiger charge is -2.03. The standard InChI is InChI=1S/C21H21N7O/c1-11-7-14-9-16(4-6-17(14)24-11)25-20(29)19-10-15-8-13(3-5-18(15)26-19)12(2)27-28-21(22)23/h3-10,24,26H,1-2H3,(H,25,29)(H4,22,23,28)/b27-12-. The van der Waals surface area contributed by atoms with E-state index in [0.717, 1.165) is 38.8 Å². The molecule has 2 aromatic carbocycles. The maximum absolute atomic E-state index is 12.7. The van der Waals surface area contributed by atoms with Crippen molar-refractivity contribution in [2.24, 2.45) is 21.7 Å². The average molecular weight is 387 g/mol. The van der Waals surface area contributed by atoms with Gasteiger partial charge in [-0.2, -0.15) is 5.10 Å². The second-order valence-electron chi connectivity index (χ2n) is 6.90. The number of benzene rings is 2. The highest BCUT2D eigenvalue weighted by molar-refractivity contribution is 6.08. The lowest BCUT2D eigenvalue weighted by molar-refractivity contribution is 0.102. The molecular weight excluding hydrogens is 366 g/mol. The van der Waals surface area contributed by atoms with Crippen molar-refractivity contribution in [3.63, 3.8) is 0 Å². The molecule has 1 amide bonds. The number of carbonyl (C=O) groups is 1. The van der Waals surface area contributed by atoms with E-state index < -0.39 is 0 Å². The van der Waals surface area contributed by atoms with Gasteiger partial charge in [-0.15, -0.1) is 5.10 Å². The molecule has 7 N–H and O–H groups in total. The van der Waals surface area contributed by atoms with Crippen molar-refractivity contribution in [3.05, 3.63) is 65.5 Å². The van der Waals surface area contributed by atoms with Gasteiger partial charge in [0, 0.05) is 33.2 Å². The van der Waals surface area contributed by atoms with Crippen LogP contribution < -0.4 is 16.8 Å². The molecule has 4 aromatic rings. The van der Waals surface area contributed by atoms with Crippen LogP contribution in [0.2, 0.25) is 0 Å². The summed E-state index contributed by atoms with van der Waals surface area (Å²) >= 11 is 0. The number of amides is 1. The summed E-state index contributed by atoms with van der Waals surface area (Å²) in [4.78, 5) is 19.1. The number of nitrogens with one attached hydrogen (secondary N) is 3. The molecular formula is C21H21N7O. The van der Waals surface area contributed by atoms with Crippen molar-refractivity contribution >= 4 is 45.1 Å². The number of guanidine groups is 1. The number of H-pyrrole nitrogens is 2. The van der Waals surface area contributed by atoms with Gasteiger partial charge in [0.25, 0.3) is 5.91 Å². The van der Waals surface area contributed by atoms with E-state index in [9.17, 15) is 4.79 Å². The van der Waals surface area contributed by atoms with Crippen LogP contribution in [0.5, 0.6) is 0 Å². The van der Waals surface area contributed by atoms with Crippen molar-refractivity contribution in [2.75, 3.05) is 5.32 Å². The molecule has 0 aliphatic heterocycles. The van der Waals surface area contributed by atoms with Gasteiger partial charge in [0.2, 0.25) is 5.96 Å². The predicted molar refractivity (Wildman–Crippen MR) is 117 cm³/mol.